The number of carbonyl (C=O) groups is 3. The van der Waals surface area contributed by atoms with E-state index < -0.39 is 30.1 Å². The quantitative estimate of drug-likeness (QED) is 0.435. The van der Waals surface area contributed by atoms with Crippen LogP contribution in [0.25, 0.3) is 0 Å². The maximum absolute atomic E-state index is 12.6. The van der Waals surface area contributed by atoms with Gasteiger partial charge in [0.2, 0.25) is 5.91 Å². The average molecular weight is 403 g/mol. The molecule has 1 heterocycles. The second-order valence-electron chi connectivity index (χ2n) is 6.26. The molecule has 1 aromatic carbocycles. The fourth-order valence-corrected chi connectivity index (χ4v) is 3.97. The number of carbonyl (C=O) groups excluding carboxylic acids is 1. The van der Waals surface area contributed by atoms with E-state index in [2.05, 4.69) is 5.32 Å². The Kier molecular flexibility index (Phi) is 10.4. The predicted molar refractivity (Wildman–Crippen MR) is 99.2 cm³/mol. The number of carboxylic acid groups (broad SMARTS) is 2. The molecule has 0 bridgehead atoms. The molecule has 7 nitrogen and oxygen atoms in total. The SMILES string of the molecule is CC(NC(CCc1ccccc1)C(=O)O)C(=O)N1CCSCC1C(=O)O.[Na+]. The molecule has 1 aliphatic heterocycles. The number of amides is 1. The summed E-state index contributed by atoms with van der Waals surface area (Å²) in [6, 6.07) is 7.03. The number of aliphatic carboxylic acids is 2. The van der Waals surface area contributed by atoms with Crippen LogP contribution < -0.4 is 34.9 Å². The van der Waals surface area contributed by atoms with Crippen molar-refractivity contribution in [1.82, 2.24) is 10.2 Å². The van der Waals surface area contributed by atoms with E-state index in [4.69, 9.17) is 0 Å². The smallest absolute Gasteiger partial charge is 0.480 e. The Morgan fingerprint density at radius 3 is 2.52 bits per heavy atom. The second kappa shape index (κ2) is 11.7. The number of nitrogens with one attached hydrogen (secondary N) is 1. The Morgan fingerprint density at radius 2 is 1.93 bits per heavy atom. The number of aryl methyl sites for hydroxylation is 1. The summed E-state index contributed by atoms with van der Waals surface area (Å²) < 4.78 is 0. The van der Waals surface area contributed by atoms with Crippen LogP contribution in [-0.4, -0.2) is 69.1 Å². The van der Waals surface area contributed by atoms with Crippen LogP contribution in [0.1, 0.15) is 18.9 Å². The predicted octanol–water partition coefficient (Wildman–Crippen LogP) is -1.92. The summed E-state index contributed by atoms with van der Waals surface area (Å²) in [7, 11) is 0. The van der Waals surface area contributed by atoms with Gasteiger partial charge in [0.25, 0.3) is 0 Å². The number of carboxylic acids is 2. The first kappa shape index (κ1) is 24.0. The van der Waals surface area contributed by atoms with Gasteiger partial charge in [0.1, 0.15) is 12.1 Å². The monoisotopic (exact) mass is 403 g/mol. The average Bonchev–Trinajstić information content (AvgIpc) is 2.64. The van der Waals surface area contributed by atoms with Crippen molar-refractivity contribution in [3.63, 3.8) is 0 Å². The standard InChI is InChI=1S/C18H24N2O5S.Na/c1-12(16(21)20-9-10-26-11-15(20)18(24)25)19-14(17(22)23)8-7-13-5-3-2-4-6-13;/h2-6,12,14-15,19H,7-11H2,1H3,(H,22,23)(H,24,25);/q;+1. The molecule has 1 amide bonds. The van der Waals surface area contributed by atoms with Gasteiger partial charge in [-0.3, -0.25) is 14.9 Å². The molecular formula is C18H24N2NaO5S+. The van der Waals surface area contributed by atoms with Crippen molar-refractivity contribution >= 4 is 29.6 Å². The van der Waals surface area contributed by atoms with Crippen molar-refractivity contribution in [1.29, 1.82) is 0 Å². The molecule has 1 aliphatic rings. The number of hydrogen-bond donors (Lipinski definition) is 3. The normalized spacial score (nSPS) is 18.9. The van der Waals surface area contributed by atoms with Crippen molar-refractivity contribution in [2.45, 2.75) is 37.9 Å². The molecule has 1 aromatic rings. The van der Waals surface area contributed by atoms with Crippen LogP contribution in [0, 0.1) is 0 Å². The van der Waals surface area contributed by atoms with E-state index in [0.717, 1.165) is 5.56 Å². The van der Waals surface area contributed by atoms with Crippen LogP contribution in [0.15, 0.2) is 30.3 Å². The zero-order valence-corrected chi connectivity index (χ0v) is 18.4. The molecule has 3 unspecified atom stereocenters. The molecule has 1 fully saturated rings. The molecule has 0 radical (unpaired) electrons. The van der Waals surface area contributed by atoms with Gasteiger partial charge >= 0.3 is 41.5 Å². The molecule has 0 spiro atoms. The summed E-state index contributed by atoms with van der Waals surface area (Å²) in [5, 5.41) is 21.6. The zero-order chi connectivity index (χ0) is 19.1. The van der Waals surface area contributed by atoms with Crippen LogP contribution in [-0.2, 0) is 20.8 Å². The summed E-state index contributed by atoms with van der Waals surface area (Å²) in [4.78, 5) is 36.9. The fourth-order valence-electron chi connectivity index (χ4n) is 2.93. The van der Waals surface area contributed by atoms with E-state index in [-0.39, 0.29) is 35.5 Å². The summed E-state index contributed by atoms with van der Waals surface area (Å²) >= 11 is 1.50. The molecule has 0 aromatic heterocycles. The molecule has 27 heavy (non-hydrogen) atoms. The molecular weight excluding hydrogens is 379 g/mol. The third kappa shape index (κ3) is 7.12. The molecule has 3 N–H and O–H groups in total. The second-order valence-corrected chi connectivity index (χ2v) is 7.41. The van der Waals surface area contributed by atoms with Gasteiger partial charge in [-0.2, -0.15) is 11.8 Å². The first-order valence-electron chi connectivity index (χ1n) is 8.54. The number of nitrogens with zero attached hydrogens (tertiary/aromatic N) is 1. The van der Waals surface area contributed by atoms with Crippen molar-refractivity contribution < 1.29 is 54.2 Å². The summed E-state index contributed by atoms with van der Waals surface area (Å²) in [5.74, 6) is -1.40. The Balaban J connectivity index is 0.00000364. The van der Waals surface area contributed by atoms with Crippen molar-refractivity contribution in [2.24, 2.45) is 0 Å². The van der Waals surface area contributed by atoms with Crippen LogP contribution in [0.5, 0.6) is 0 Å². The maximum atomic E-state index is 12.6. The fraction of sp³-hybridized carbons (Fsp3) is 0.500. The van der Waals surface area contributed by atoms with E-state index >= 15 is 0 Å². The molecule has 0 saturated carbocycles. The summed E-state index contributed by atoms with van der Waals surface area (Å²) in [6.07, 6.45) is 0.916. The minimum Gasteiger partial charge on any atom is -0.480 e. The van der Waals surface area contributed by atoms with E-state index in [9.17, 15) is 24.6 Å². The molecule has 1 saturated heterocycles. The third-order valence-electron chi connectivity index (χ3n) is 4.38. The maximum Gasteiger partial charge on any atom is 1.00 e. The number of thioether (sulfide) groups is 1. The van der Waals surface area contributed by atoms with Gasteiger partial charge in [-0.15, -0.1) is 0 Å². The number of benzene rings is 1. The van der Waals surface area contributed by atoms with E-state index in [1.54, 1.807) is 6.92 Å². The van der Waals surface area contributed by atoms with Gasteiger partial charge in [-0.1, -0.05) is 30.3 Å². The Bertz CT molecular complexity index is 646. The van der Waals surface area contributed by atoms with Gasteiger partial charge in [-0.25, -0.2) is 4.79 Å². The Labute approximate surface area is 185 Å². The van der Waals surface area contributed by atoms with Gasteiger partial charge in [0.05, 0.1) is 6.04 Å². The van der Waals surface area contributed by atoms with Gasteiger partial charge in [0.15, 0.2) is 0 Å². The summed E-state index contributed by atoms with van der Waals surface area (Å²) in [6.45, 7) is 1.94. The topological polar surface area (TPSA) is 107 Å². The molecule has 0 aliphatic carbocycles. The van der Waals surface area contributed by atoms with Crippen molar-refractivity contribution in [3.8, 4) is 0 Å². The Hall–Kier alpha value is -1.06. The zero-order valence-electron chi connectivity index (χ0n) is 15.6. The van der Waals surface area contributed by atoms with E-state index in [0.29, 0.717) is 30.9 Å². The van der Waals surface area contributed by atoms with Gasteiger partial charge in [0, 0.05) is 18.1 Å². The van der Waals surface area contributed by atoms with Crippen molar-refractivity contribution in [3.05, 3.63) is 35.9 Å². The van der Waals surface area contributed by atoms with Crippen molar-refractivity contribution in [2.75, 3.05) is 18.1 Å². The van der Waals surface area contributed by atoms with Crippen LogP contribution in [0.3, 0.4) is 0 Å². The van der Waals surface area contributed by atoms with E-state index in [1.165, 1.54) is 16.7 Å². The first-order valence-corrected chi connectivity index (χ1v) is 9.69. The largest absolute Gasteiger partial charge is 1.00 e. The van der Waals surface area contributed by atoms with Crippen LogP contribution in [0.2, 0.25) is 0 Å². The summed E-state index contributed by atoms with van der Waals surface area (Å²) in [5.41, 5.74) is 1.03. The minimum absolute atomic E-state index is 0. The molecule has 9 heteroatoms. The number of hydrogen-bond acceptors (Lipinski definition) is 5. The van der Waals surface area contributed by atoms with Gasteiger partial charge in [-0.05, 0) is 25.3 Å². The molecule has 3 atom stereocenters. The molecule has 2 rings (SSSR count). The van der Waals surface area contributed by atoms with Crippen LogP contribution in [0.4, 0.5) is 0 Å². The van der Waals surface area contributed by atoms with Crippen LogP contribution >= 0.6 is 11.8 Å². The third-order valence-corrected chi connectivity index (χ3v) is 5.40. The number of rotatable bonds is 8. The Morgan fingerprint density at radius 1 is 1.26 bits per heavy atom. The van der Waals surface area contributed by atoms with Gasteiger partial charge < -0.3 is 15.1 Å². The molecule has 142 valence electrons. The van der Waals surface area contributed by atoms with E-state index in [1.807, 2.05) is 30.3 Å². The first-order chi connectivity index (χ1) is 12.4. The minimum atomic E-state index is -1.03.